The number of hydrogen-bond donors (Lipinski definition) is 5. The monoisotopic (exact) mass is 591 g/mol. The average Bonchev–Trinajstić information content (AvgIpc) is 3.03. The third-order valence-corrected chi connectivity index (χ3v) is 7.58. The lowest BCUT2D eigenvalue weighted by Gasteiger charge is -2.17. The molecule has 7 nitrogen and oxygen atoms in total. The Kier molecular flexibility index (Phi) is 10.0. The third-order valence-electron chi connectivity index (χ3n) is 7.28. The molecular weight excluding hydrogens is 558 g/mol. The Morgan fingerprint density at radius 2 is 1.40 bits per heavy atom. The number of aliphatic hydroxyl groups is 2. The van der Waals surface area contributed by atoms with Gasteiger partial charge in [-0.25, -0.2) is 0 Å². The lowest BCUT2D eigenvalue weighted by Crippen LogP contribution is -2.17. The second-order valence-electron chi connectivity index (χ2n) is 10.4. The maximum Gasteiger partial charge on any atom is 0.103 e. The molecule has 8 heteroatoms. The van der Waals surface area contributed by atoms with Crippen LogP contribution in [0, 0.1) is 18.3 Å². The summed E-state index contributed by atoms with van der Waals surface area (Å²) in [7, 11) is 0. The summed E-state index contributed by atoms with van der Waals surface area (Å²) >= 11 is 6.87. The van der Waals surface area contributed by atoms with E-state index in [-0.39, 0.29) is 13.2 Å². The predicted octanol–water partition coefficient (Wildman–Crippen LogP) is 6.31. The summed E-state index contributed by atoms with van der Waals surface area (Å²) in [5.74, 6) is 0. The van der Waals surface area contributed by atoms with Crippen LogP contribution in [0.4, 0.5) is 11.4 Å². The first-order valence-electron chi connectivity index (χ1n) is 14.2. The van der Waals surface area contributed by atoms with E-state index in [1.807, 2.05) is 43.3 Å². The van der Waals surface area contributed by atoms with Crippen molar-refractivity contribution in [1.29, 1.82) is 5.26 Å². The van der Waals surface area contributed by atoms with Gasteiger partial charge in [0, 0.05) is 37.8 Å². The Hall–Kier alpha value is -4.29. The van der Waals surface area contributed by atoms with Crippen LogP contribution in [0.2, 0.25) is 5.02 Å². The molecule has 0 amide bonds. The summed E-state index contributed by atoms with van der Waals surface area (Å²) in [5.41, 5.74) is 9.91. The maximum atomic E-state index is 9.94. The number of benzene rings is 4. The van der Waals surface area contributed by atoms with Gasteiger partial charge in [-0.2, -0.15) is 5.26 Å². The highest BCUT2D eigenvalue weighted by atomic mass is 35.5. The normalized spacial score (nSPS) is 11.0. The van der Waals surface area contributed by atoms with Crippen molar-refractivity contribution in [3.63, 3.8) is 0 Å². The molecule has 0 aliphatic heterocycles. The molecular formula is C35H34ClN5O2. The summed E-state index contributed by atoms with van der Waals surface area (Å²) in [5, 5.41) is 39.3. The van der Waals surface area contributed by atoms with E-state index >= 15 is 0 Å². The van der Waals surface area contributed by atoms with Gasteiger partial charge in [-0.3, -0.25) is 4.98 Å². The van der Waals surface area contributed by atoms with E-state index in [9.17, 15) is 5.26 Å². The Labute approximate surface area is 256 Å². The lowest BCUT2D eigenvalue weighted by atomic mass is 9.99. The highest BCUT2D eigenvalue weighted by Gasteiger charge is 2.15. The van der Waals surface area contributed by atoms with Crippen molar-refractivity contribution < 1.29 is 10.2 Å². The second kappa shape index (κ2) is 14.3. The van der Waals surface area contributed by atoms with E-state index in [1.54, 1.807) is 6.20 Å². The van der Waals surface area contributed by atoms with Crippen LogP contribution in [0.3, 0.4) is 0 Å². The molecule has 43 heavy (non-hydrogen) atoms. The number of halogens is 1. The maximum absolute atomic E-state index is 9.94. The number of rotatable bonds is 12. The molecule has 1 aromatic heterocycles. The minimum atomic E-state index is 0.100. The van der Waals surface area contributed by atoms with Gasteiger partial charge in [0.1, 0.15) is 6.07 Å². The molecule has 0 unspecified atom stereocenters. The highest BCUT2D eigenvalue weighted by Crippen LogP contribution is 2.38. The van der Waals surface area contributed by atoms with Gasteiger partial charge < -0.3 is 26.2 Å². The van der Waals surface area contributed by atoms with Crippen LogP contribution in [0.5, 0.6) is 0 Å². The molecule has 0 saturated heterocycles. The molecule has 5 N–H and O–H groups in total. The summed E-state index contributed by atoms with van der Waals surface area (Å²) in [6.07, 6.45) is 1.59. The van der Waals surface area contributed by atoms with Crippen molar-refractivity contribution in [3.05, 3.63) is 112 Å². The van der Waals surface area contributed by atoms with E-state index in [0.717, 1.165) is 55.5 Å². The summed E-state index contributed by atoms with van der Waals surface area (Å²) < 4.78 is 0. The number of anilines is 2. The number of aryl methyl sites for hydroxylation is 1. The predicted molar refractivity (Wildman–Crippen MR) is 174 cm³/mol. The number of pyridine rings is 1. The van der Waals surface area contributed by atoms with Gasteiger partial charge >= 0.3 is 0 Å². The SMILES string of the molecule is Cc1cc(-c2cccc(CNCCO)c2)cc(Cl)c1Nc1c(C#N)cnc2cc(-c3cccc(CNCCO)c3)ccc12. The number of nitrogens with zero attached hydrogens (tertiary/aromatic N) is 2. The molecule has 0 bridgehead atoms. The number of nitriles is 1. The number of fused-ring (bicyclic) bond motifs is 1. The van der Waals surface area contributed by atoms with Crippen LogP contribution in [-0.4, -0.2) is 41.5 Å². The van der Waals surface area contributed by atoms with Crippen LogP contribution in [-0.2, 0) is 13.1 Å². The van der Waals surface area contributed by atoms with E-state index in [0.29, 0.717) is 42.5 Å². The molecule has 0 saturated carbocycles. The smallest absolute Gasteiger partial charge is 0.103 e. The molecule has 0 aliphatic rings. The van der Waals surface area contributed by atoms with Gasteiger partial charge in [0.15, 0.2) is 0 Å². The van der Waals surface area contributed by atoms with Gasteiger partial charge in [-0.05, 0) is 76.2 Å². The van der Waals surface area contributed by atoms with Crippen LogP contribution >= 0.6 is 11.6 Å². The molecule has 218 valence electrons. The van der Waals surface area contributed by atoms with E-state index < -0.39 is 0 Å². The van der Waals surface area contributed by atoms with Gasteiger partial charge in [-0.1, -0.05) is 60.1 Å². The number of hydrogen-bond acceptors (Lipinski definition) is 7. The van der Waals surface area contributed by atoms with E-state index in [4.69, 9.17) is 21.8 Å². The van der Waals surface area contributed by atoms with E-state index in [2.05, 4.69) is 69.5 Å². The minimum Gasteiger partial charge on any atom is -0.395 e. The topological polar surface area (TPSA) is 113 Å². The third kappa shape index (κ3) is 7.20. The Bertz CT molecular complexity index is 1760. The van der Waals surface area contributed by atoms with Gasteiger partial charge in [0.2, 0.25) is 0 Å². The summed E-state index contributed by atoms with van der Waals surface area (Å²) in [4.78, 5) is 4.60. The molecule has 0 spiro atoms. The molecule has 1 heterocycles. The molecule has 0 aliphatic carbocycles. The summed E-state index contributed by atoms with van der Waals surface area (Å²) in [6.45, 7) is 4.63. The second-order valence-corrected chi connectivity index (χ2v) is 10.8. The van der Waals surface area contributed by atoms with Gasteiger partial charge in [-0.15, -0.1) is 0 Å². The molecule has 0 atom stereocenters. The molecule has 0 fully saturated rings. The zero-order valence-corrected chi connectivity index (χ0v) is 24.7. The average molecular weight is 592 g/mol. The molecule has 5 rings (SSSR count). The van der Waals surface area contributed by atoms with Gasteiger partial charge in [0.25, 0.3) is 0 Å². The lowest BCUT2D eigenvalue weighted by molar-refractivity contribution is 0.291. The highest BCUT2D eigenvalue weighted by molar-refractivity contribution is 6.34. The van der Waals surface area contributed by atoms with Crippen LogP contribution in [0.25, 0.3) is 33.2 Å². The van der Waals surface area contributed by atoms with Crippen molar-refractivity contribution in [2.75, 3.05) is 31.6 Å². The first kappa shape index (κ1) is 30.2. The zero-order chi connectivity index (χ0) is 30.2. The molecule has 4 aromatic carbocycles. The van der Waals surface area contributed by atoms with Crippen molar-refractivity contribution >= 4 is 33.9 Å². The van der Waals surface area contributed by atoms with Crippen LogP contribution < -0.4 is 16.0 Å². The fourth-order valence-corrected chi connectivity index (χ4v) is 5.45. The minimum absolute atomic E-state index is 0.100. The summed E-state index contributed by atoms with van der Waals surface area (Å²) in [6, 6.07) is 28.9. The number of nitrogens with one attached hydrogen (secondary N) is 3. The fraction of sp³-hybridized carbons (Fsp3) is 0.200. The number of aromatic nitrogens is 1. The first-order chi connectivity index (χ1) is 21.0. The standard InChI is InChI=1S/C35H34ClN5O2/c1-23-14-29(27-7-3-5-25(16-27)21-39-11-13-43)17-32(36)34(23)41-35-30(19-37)22-40-33-18-28(8-9-31(33)35)26-6-2-4-24(15-26)20-38-10-12-42/h2-9,14-18,22,38-39,42-43H,10-13,20-21H2,1H3,(H,40,41). The zero-order valence-electron chi connectivity index (χ0n) is 24.0. The van der Waals surface area contributed by atoms with Crippen molar-refractivity contribution in [3.8, 4) is 28.3 Å². The van der Waals surface area contributed by atoms with E-state index in [1.165, 1.54) is 0 Å². The van der Waals surface area contributed by atoms with Gasteiger partial charge in [0.05, 0.1) is 40.7 Å². The Morgan fingerprint density at radius 3 is 2.00 bits per heavy atom. The van der Waals surface area contributed by atoms with Crippen molar-refractivity contribution in [2.24, 2.45) is 0 Å². The largest absolute Gasteiger partial charge is 0.395 e. The Morgan fingerprint density at radius 1 is 0.767 bits per heavy atom. The molecule has 5 aromatic rings. The Balaban J connectivity index is 1.45. The van der Waals surface area contributed by atoms with Crippen LogP contribution in [0.1, 0.15) is 22.3 Å². The van der Waals surface area contributed by atoms with Crippen molar-refractivity contribution in [1.82, 2.24) is 15.6 Å². The van der Waals surface area contributed by atoms with Crippen molar-refractivity contribution in [2.45, 2.75) is 20.0 Å². The number of aliphatic hydroxyl groups excluding tert-OH is 2. The molecule has 0 radical (unpaired) electrons. The quantitative estimate of drug-likeness (QED) is 0.108. The van der Waals surface area contributed by atoms with Crippen LogP contribution in [0.15, 0.2) is 85.1 Å². The fourth-order valence-electron chi connectivity index (χ4n) is 5.13. The first-order valence-corrected chi connectivity index (χ1v) is 14.6.